The molecule has 0 radical (unpaired) electrons. The van der Waals surface area contributed by atoms with Crippen molar-refractivity contribution in [1.29, 1.82) is 10.5 Å². The molecule has 0 bridgehead atoms. The molecule has 1 aliphatic heterocycles. The molecular weight excluding hydrogens is 404 g/mol. The van der Waals surface area contributed by atoms with E-state index in [-0.39, 0.29) is 13.2 Å². The van der Waals surface area contributed by atoms with Crippen LogP contribution in [0.1, 0.15) is 34.7 Å². The molecule has 0 fully saturated rings. The quantitative estimate of drug-likeness (QED) is 0.488. The van der Waals surface area contributed by atoms with Gasteiger partial charge in [-0.1, -0.05) is 6.92 Å². The first-order chi connectivity index (χ1) is 15.4. The van der Waals surface area contributed by atoms with Crippen LogP contribution in [0.3, 0.4) is 0 Å². The number of aromatic nitrogens is 2. The number of aliphatic hydroxyl groups is 2. The highest BCUT2D eigenvalue weighted by Gasteiger charge is 2.35. The van der Waals surface area contributed by atoms with Gasteiger partial charge < -0.3 is 20.8 Å². The molecule has 0 amide bonds. The number of nitrogens with one attached hydrogen (secondary N) is 2. The van der Waals surface area contributed by atoms with E-state index < -0.39 is 5.41 Å². The Balaban J connectivity index is 1.75. The van der Waals surface area contributed by atoms with Crippen LogP contribution in [0.4, 0.5) is 17.3 Å². The standard InChI is InChI=1S/C24H22N6O2/c1-14-18(11-31)5-15(9-25)6-21(14)30-23-27-4-3-20(29-23)16-7-17(10-26)22-19(8-16)24(2,13-32)12-28-22/h3-8,28,31-32H,11-13H2,1-2H3,(H,27,29,30)/t24-/m1/s1. The smallest absolute Gasteiger partial charge is 0.227 e. The fourth-order valence-electron chi connectivity index (χ4n) is 3.90. The van der Waals surface area contributed by atoms with Gasteiger partial charge in [-0.25, -0.2) is 9.97 Å². The van der Waals surface area contributed by atoms with Gasteiger partial charge >= 0.3 is 0 Å². The maximum atomic E-state index is 9.92. The summed E-state index contributed by atoms with van der Waals surface area (Å²) in [4.78, 5) is 8.89. The van der Waals surface area contributed by atoms with Crippen LogP contribution in [0.5, 0.6) is 0 Å². The molecule has 0 saturated carbocycles. The van der Waals surface area contributed by atoms with Crippen molar-refractivity contribution < 1.29 is 10.2 Å². The van der Waals surface area contributed by atoms with Crippen molar-refractivity contribution >= 4 is 17.3 Å². The molecule has 0 saturated heterocycles. The second-order valence-electron chi connectivity index (χ2n) is 8.10. The number of aliphatic hydroxyl groups excluding tert-OH is 2. The highest BCUT2D eigenvalue weighted by molar-refractivity contribution is 5.76. The lowest BCUT2D eigenvalue weighted by molar-refractivity contribution is 0.219. The highest BCUT2D eigenvalue weighted by Crippen LogP contribution is 2.41. The molecule has 8 nitrogen and oxygen atoms in total. The Bertz CT molecular complexity index is 1290. The van der Waals surface area contributed by atoms with Gasteiger partial charge in [0.2, 0.25) is 5.95 Å². The molecule has 8 heteroatoms. The van der Waals surface area contributed by atoms with Crippen LogP contribution < -0.4 is 10.6 Å². The van der Waals surface area contributed by atoms with E-state index in [9.17, 15) is 20.7 Å². The summed E-state index contributed by atoms with van der Waals surface area (Å²) in [5.41, 5.74) is 5.51. The molecular formula is C24H22N6O2. The first kappa shape index (κ1) is 21.3. The molecule has 2 heterocycles. The van der Waals surface area contributed by atoms with E-state index in [1.54, 1.807) is 30.5 Å². The van der Waals surface area contributed by atoms with E-state index >= 15 is 0 Å². The molecule has 1 aliphatic rings. The second-order valence-corrected chi connectivity index (χ2v) is 8.10. The van der Waals surface area contributed by atoms with Crippen molar-refractivity contribution in [3.8, 4) is 23.4 Å². The van der Waals surface area contributed by atoms with E-state index in [1.165, 1.54) is 0 Å². The average Bonchev–Trinajstić information content (AvgIpc) is 3.17. The van der Waals surface area contributed by atoms with Gasteiger partial charge in [0.25, 0.3) is 0 Å². The maximum Gasteiger partial charge on any atom is 0.227 e. The molecule has 0 unspecified atom stereocenters. The number of benzene rings is 2. The third kappa shape index (κ3) is 3.63. The molecule has 0 spiro atoms. The largest absolute Gasteiger partial charge is 0.395 e. The Morgan fingerprint density at radius 3 is 2.69 bits per heavy atom. The predicted octanol–water partition coefficient (Wildman–Crippen LogP) is 3.11. The average molecular weight is 426 g/mol. The van der Waals surface area contributed by atoms with Crippen LogP contribution in [-0.4, -0.2) is 33.3 Å². The van der Waals surface area contributed by atoms with Gasteiger partial charge in [0.15, 0.2) is 0 Å². The van der Waals surface area contributed by atoms with Crippen LogP contribution in [0, 0.1) is 29.6 Å². The van der Waals surface area contributed by atoms with Gasteiger partial charge in [-0.15, -0.1) is 0 Å². The molecule has 3 aromatic rings. The van der Waals surface area contributed by atoms with Crippen LogP contribution in [0.15, 0.2) is 36.5 Å². The van der Waals surface area contributed by atoms with Gasteiger partial charge in [0.1, 0.15) is 6.07 Å². The Labute approximate surface area is 185 Å². The van der Waals surface area contributed by atoms with Crippen molar-refractivity contribution in [2.45, 2.75) is 25.9 Å². The third-order valence-electron chi connectivity index (χ3n) is 5.93. The minimum atomic E-state index is -0.486. The fraction of sp³-hybridized carbons (Fsp3) is 0.250. The highest BCUT2D eigenvalue weighted by atomic mass is 16.3. The Kier molecular flexibility index (Phi) is 5.50. The number of rotatable bonds is 5. The number of hydrogen-bond acceptors (Lipinski definition) is 8. The summed E-state index contributed by atoms with van der Waals surface area (Å²) >= 11 is 0. The van der Waals surface area contributed by atoms with Crippen molar-refractivity contribution in [3.05, 3.63) is 64.3 Å². The van der Waals surface area contributed by atoms with Gasteiger partial charge in [-0.2, -0.15) is 10.5 Å². The molecule has 4 N–H and O–H groups in total. The Morgan fingerprint density at radius 2 is 2.00 bits per heavy atom. The molecule has 0 aliphatic carbocycles. The van der Waals surface area contributed by atoms with Gasteiger partial charge in [0, 0.05) is 29.4 Å². The number of fused-ring (bicyclic) bond motifs is 1. The first-order valence-electron chi connectivity index (χ1n) is 10.1. The normalized spacial score (nSPS) is 16.6. The zero-order chi connectivity index (χ0) is 22.9. The maximum absolute atomic E-state index is 9.92. The lowest BCUT2D eigenvalue weighted by Gasteiger charge is -2.21. The van der Waals surface area contributed by atoms with Gasteiger partial charge in [-0.3, -0.25) is 0 Å². The second kappa shape index (κ2) is 8.27. The Morgan fingerprint density at radius 1 is 1.19 bits per heavy atom. The van der Waals surface area contributed by atoms with Crippen molar-refractivity contribution in [2.75, 3.05) is 23.8 Å². The molecule has 32 heavy (non-hydrogen) atoms. The summed E-state index contributed by atoms with van der Waals surface area (Å²) in [5.74, 6) is 0.326. The summed E-state index contributed by atoms with van der Waals surface area (Å²) < 4.78 is 0. The van der Waals surface area contributed by atoms with Crippen molar-refractivity contribution in [3.63, 3.8) is 0 Å². The van der Waals surface area contributed by atoms with Crippen LogP contribution in [0.2, 0.25) is 0 Å². The summed E-state index contributed by atoms with van der Waals surface area (Å²) in [5, 5.41) is 44.8. The minimum absolute atomic E-state index is 0.0421. The summed E-state index contributed by atoms with van der Waals surface area (Å²) in [6, 6.07) is 13.1. The van der Waals surface area contributed by atoms with Gasteiger partial charge in [0.05, 0.1) is 41.8 Å². The molecule has 1 aromatic heterocycles. The zero-order valence-corrected chi connectivity index (χ0v) is 17.8. The first-order valence-corrected chi connectivity index (χ1v) is 10.1. The van der Waals surface area contributed by atoms with E-state index in [4.69, 9.17) is 0 Å². The van der Waals surface area contributed by atoms with E-state index in [2.05, 4.69) is 32.7 Å². The Hall–Kier alpha value is -3.98. The predicted molar refractivity (Wildman–Crippen MR) is 120 cm³/mol. The zero-order valence-electron chi connectivity index (χ0n) is 17.8. The minimum Gasteiger partial charge on any atom is -0.395 e. The van der Waals surface area contributed by atoms with Crippen LogP contribution in [-0.2, 0) is 12.0 Å². The summed E-state index contributed by atoms with van der Waals surface area (Å²) in [6.07, 6.45) is 1.61. The van der Waals surface area contributed by atoms with Crippen molar-refractivity contribution in [2.24, 2.45) is 0 Å². The molecule has 4 rings (SSSR count). The monoisotopic (exact) mass is 426 g/mol. The fourth-order valence-corrected chi connectivity index (χ4v) is 3.90. The summed E-state index contributed by atoms with van der Waals surface area (Å²) in [7, 11) is 0. The molecule has 160 valence electrons. The lowest BCUT2D eigenvalue weighted by atomic mass is 9.83. The van der Waals surface area contributed by atoms with E-state index in [0.29, 0.717) is 40.6 Å². The number of nitriles is 2. The summed E-state index contributed by atoms with van der Waals surface area (Å²) in [6.45, 7) is 4.13. The topological polar surface area (TPSA) is 138 Å². The van der Waals surface area contributed by atoms with Crippen LogP contribution >= 0.6 is 0 Å². The van der Waals surface area contributed by atoms with Gasteiger partial charge in [-0.05, 0) is 53.9 Å². The number of hydrogen-bond donors (Lipinski definition) is 4. The number of anilines is 3. The number of nitrogens with zero attached hydrogens (tertiary/aromatic N) is 4. The van der Waals surface area contributed by atoms with Crippen molar-refractivity contribution in [1.82, 2.24) is 9.97 Å². The lowest BCUT2D eigenvalue weighted by Crippen LogP contribution is -2.28. The van der Waals surface area contributed by atoms with E-state index in [0.717, 1.165) is 22.4 Å². The molecule has 1 atom stereocenters. The SMILES string of the molecule is Cc1c(CO)cc(C#N)cc1Nc1nccc(-c2cc(C#N)c3c(c2)[C@@](C)(CO)CN3)n1. The molecule has 2 aromatic carbocycles. The van der Waals surface area contributed by atoms with Crippen LogP contribution in [0.25, 0.3) is 11.3 Å². The van der Waals surface area contributed by atoms with E-state index in [1.807, 2.05) is 19.9 Å². The third-order valence-corrected chi connectivity index (χ3v) is 5.93.